The van der Waals surface area contributed by atoms with Crippen LogP contribution in [0.3, 0.4) is 0 Å². The van der Waals surface area contributed by atoms with Crippen molar-refractivity contribution in [1.29, 1.82) is 0 Å². The Morgan fingerprint density at radius 1 is 1.43 bits per heavy atom. The van der Waals surface area contributed by atoms with Crippen LogP contribution in [-0.2, 0) is 0 Å². The van der Waals surface area contributed by atoms with Gasteiger partial charge in [-0.15, -0.1) is 0 Å². The lowest BCUT2D eigenvalue weighted by atomic mass is 10.1. The largest absolute Gasteiger partial charge is 0.399 e. The first-order valence-electron chi connectivity index (χ1n) is 7.71. The van der Waals surface area contributed by atoms with Gasteiger partial charge in [0.25, 0.3) is 5.91 Å². The van der Waals surface area contributed by atoms with E-state index in [-0.39, 0.29) is 5.91 Å². The highest BCUT2D eigenvalue weighted by Gasteiger charge is 2.28. The third kappa shape index (κ3) is 3.29. The molecule has 3 N–H and O–H groups in total. The predicted octanol–water partition coefficient (Wildman–Crippen LogP) is 1.55. The number of hydrogen-bond acceptors (Lipinski definition) is 4. The molecule has 116 valence electrons. The van der Waals surface area contributed by atoms with Gasteiger partial charge in [-0.3, -0.25) is 9.69 Å². The number of rotatable bonds is 5. The van der Waals surface area contributed by atoms with Gasteiger partial charge in [-0.05, 0) is 37.7 Å². The van der Waals surface area contributed by atoms with Gasteiger partial charge in [0.15, 0.2) is 0 Å². The number of anilines is 2. The van der Waals surface area contributed by atoms with Gasteiger partial charge in [-0.25, -0.2) is 0 Å². The van der Waals surface area contributed by atoms with E-state index in [0.717, 1.165) is 38.3 Å². The van der Waals surface area contributed by atoms with Crippen molar-refractivity contribution in [2.75, 3.05) is 43.9 Å². The molecule has 1 aromatic rings. The first kappa shape index (κ1) is 15.6. The Balaban J connectivity index is 2.23. The molecule has 1 aliphatic heterocycles. The van der Waals surface area contributed by atoms with Gasteiger partial charge in [0.05, 0.1) is 11.3 Å². The molecule has 5 heteroatoms. The molecule has 1 aliphatic rings. The Kier molecular flexibility index (Phi) is 5.07. The van der Waals surface area contributed by atoms with Gasteiger partial charge >= 0.3 is 0 Å². The summed E-state index contributed by atoms with van der Waals surface area (Å²) in [4.78, 5) is 16.8. The minimum absolute atomic E-state index is 0.0590. The fraction of sp³-hybridized carbons (Fsp3) is 0.562. The Bertz CT molecular complexity index is 499. The van der Waals surface area contributed by atoms with Crippen LogP contribution in [0, 0.1) is 0 Å². The van der Waals surface area contributed by atoms with Crippen molar-refractivity contribution in [1.82, 2.24) is 10.2 Å². The van der Waals surface area contributed by atoms with Crippen molar-refractivity contribution >= 4 is 17.3 Å². The summed E-state index contributed by atoms with van der Waals surface area (Å²) in [5, 5.41) is 2.70. The predicted molar refractivity (Wildman–Crippen MR) is 87.8 cm³/mol. The molecule has 0 spiro atoms. The molecule has 1 amide bonds. The van der Waals surface area contributed by atoms with Crippen LogP contribution in [0.1, 0.15) is 30.6 Å². The molecule has 0 saturated carbocycles. The summed E-state index contributed by atoms with van der Waals surface area (Å²) >= 11 is 0. The van der Waals surface area contributed by atoms with Gasteiger partial charge in [0.2, 0.25) is 0 Å². The summed E-state index contributed by atoms with van der Waals surface area (Å²) in [5.74, 6) is -0.0590. The SMILES string of the molecule is CCN(CC)C1CCN(c2cc(N)ccc2C(=O)NC)C1. The first-order valence-corrected chi connectivity index (χ1v) is 7.71. The van der Waals surface area contributed by atoms with E-state index < -0.39 is 0 Å². The van der Waals surface area contributed by atoms with Crippen LogP contribution in [-0.4, -0.2) is 50.1 Å². The average Bonchev–Trinajstić information content (AvgIpc) is 2.97. The van der Waals surface area contributed by atoms with E-state index in [4.69, 9.17) is 5.73 Å². The minimum Gasteiger partial charge on any atom is -0.399 e. The number of amides is 1. The number of nitrogens with one attached hydrogen (secondary N) is 1. The quantitative estimate of drug-likeness (QED) is 0.808. The maximum Gasteiger partial charge on any atom is 0.253 e. The molecule has 21 heavy (non-hydrogen) atoms. The summed E-state index contributed by atoms with van der Waals surface area (Å²) < 4.78 is 0. The Labute approximate surface area is 127 Å². The highest BCUT2D eigenvalue weighted by molar-refractivity contribution is 6.00. The number of carbonyl (C=O) groups is 1. The van der Waals surface area contributed by atoms with Crippen LogP contribution in [0.4, 0.5) is 11.4 Å². The number of benzene rings is 1. The summed E-state index contributed by atoms with van der Waals surface area (Å²) in [6.45, 7) is 8.44. The third-order valence-electron chi connectivity index (χ3n) is 4.33. The molecule has 1 heterocycles. The standard InChI is InChI=1S/C16H26N4O/c1-4-19(5-2)13-8-9-20(11-13)15-10-12(17)6-7-14(15)16(21)18-3/h6-7,10,13H,4-5,8-9,11,17H2,1-3H3,(H,18,21). The first-order chi connectivity index (χ1) is 10.1. The highest BCUT2D eigenvalue weighted by Crippen LogP contribution is 2.28. The molecule has 5 nitrogen and oxygen atoms in total. The Morgan fingerprint density at radius 2 is 2.14 bits per heavy atom. The Hall–Kier alpha value is -1.75. The van der Waals surface area contributed by atoms with Gasteiger partial charge in [-0.2, -0.15) is 0 Å². The van der Waals surface area contributed by atoms with Crippen LogP contribution in [0.25, 0.3) is 0 Å². The van der Waals surface area contributed by atoms with E-state index in [1.54, 1.807) is 13.1 Å². The molecule has 1 unspecified atom stereocenters. The van der Waals surface area contributed by atoms with Gasteiger partial charge < -0.3 is 16.0 Å². The second kappa shape index (κ2) is 6.80. The summed E-state index contributed by atoms with van der Waals surface area (Å²) in [6, 6.07) is 6.06. The number of hydrogen-bond donors (Lipinski definition) is 2. The van der Waals surface area contributed by atoms with Crippen LogP contribution >= 0.6 is 0 Å². The lowest BCUT2D eigenvalue weighted by molar-refractivity contribution is 0.0963. The molecule has 1 fully saturated rings. The van der Waals surface area contributed by atoms with Crippen molar-refractivity contribution in [3.8, 4) is 0 Å². The molecule has 1 atom stereocenters. The number of nitrogen functional groups attached to an aromatic ring is 1. The van der Waals surface area contributed by atoms with Crippen LogP contribution in [0.15, 0.2) is 18.2 Å². The van der Waals surface area contributed by atoms with Crippen LogP contribution in [0.2, 0.25) is 0 Å². The third-order valence-corrected chi connectivity index (χ3v) is 4.33. The molecule has 0 radical (unpaired) electrons. The normalized spacial score (nSPS) is 18.3. The molecule has 0 aliphatic carbocycles. The van der Waals surface area contributed by atoms with Crippen molar-refractivity contribution in [3.05, 3.63) is 23.8 Å². The van der Waals surface area contributed by atoms with Crippen molar-refractivity contribution in [2.24, 2.45) is 0 Å². The van der Waals surface area contributed by atoms with Crippen molar-refractivity contribution < 1.29 is 4.79 Å². The van der Waals surface area contributed by atoms with Crippen LogP contribution in [0.5, 0.6) is 0 Å². The maximum atomic E-state index is 12.0. The van der Waals surface area contributed by atoms with Gasteiger partial charge in [0, 0.05) is 31.9 Å². The zero-order valence-corrected chi connectivity index (χ0v) is 13.2. The summed E-state index contributed by atoms with van der Waals surface area (Å²) in [6.07, 6.45) is 1.13. The fourth-order valence-electron chi connectivity index (χ4n) is 3.14. The van der Waals surface area contributed by atoms with E-state index in [9.17, 15) is 4.79 Å². The van der Waals surface area contributed by atoms with E-state index in [2.05, 4.69) is 29.0 Å². The average molecular weight is 290 g/mol. The minimum atomic E-state index is -0.0590. The molecular weight excluding hydrogens is 264 g/mol. The highest BCUT2D eigenvalue weighted by atomic mass is 16.1. The second-order valence-electron chi connectivity index (χ2n) is 5.47. The van der Waals surface area contributed by atoms with E-state index >= 15 is 0 Å². The number of nitrogens with two attached hydrogens (primary N) is 1. The summed E-state index contributed by atoms with van der Waals surface area (Å²) in [5.41, 5.74) is 8.26. The van der Waals surface area contributed by atoms with Crippen molar-refractivity contribution in [3.63, 3.8) is 0 Å². The zero-order valence-electron chi connectivity index (χ0n) is 13.2. The smallest absolute Gasteiger partial charge is 0.253 e. The van der Waals surface area contributed by atoms with Crippen LogP contribution < -0.4 is 16.0 Å². The molecular formula is C16H26N4O. The summed E-state index contributed by atoms with van der Waals surface area (Å²) in [7, 11) is 1.66. The second-order valence-corrected chi connectivity index (χ2v) is 5.47. The lowest BCUT2D eigenvalue weighted by Gasteiger charge is -2.27. The van der Waals surface area contributed by atoms with Gasteiger partial charge in [-0.1, -0.05) is 13.8 Å². The number of carbonyl (C=O) groups excluding carboxylic acids is 1. The molecule has 0 aromatic heterocycles. The molecule has 2 rings (SSSR count). The Morgan fingerprint density at radius 3 is 2.76 bits per heavy atom. The van der Waals surface area contributed by atoms with E-state index in [1.807, 2.05) is 12.1 Å². The molecule has 1 saturated heterocycles. The zero-order chi connectivity index (χ0) is 15.4. The van der Waals surface area contributed by atoms with E-state index in [1.165, 1.54) is 0 Å². The molecule has 0 bridgehead atoms. The van der Waals surface area contributed by atoms with E-state index in [0.29, 0.717) is 17.3 Å². The monoisotopic (exact) mass is 290 g/mol. The number of likely N-dealkylation sites (N-methyl/N-ethyl adjacent to an activating group) is 1. The molecule has 1 aromatic carbocycles. The topological polar surface area (TPSA) is 61.6 Å². The number of nitrogens with zero attached hydrogens (tertiary/aromatic N) is 2. The van der Waals surface area contributed by atoms with Crippen molar-refractivity contribution in [2.45, 2.75) is 26.3 Å². The maximum absolute atomic E-state index is 12.0. The lowest BCUT2D eigenvalue weighted by Crippen LogP contribution is -2.37. The van der Waals surface area contributed by atoms with Gasteiger partial charge in [0.1, 0.15) is 0 Å². The fourth-order valence-corrected chi connectivity index (χ4v) is 3.14.